The Bertz CT molecular complexity index is 1040. The normalized spacial score (nSPS) is 16.4. The van der Waals surface area contributed by atoms with Crippen LogP contribution in [0.3, 0.4) is 0 Å². The van der Waals surface area contributed by atoms with Crippen LogP contribution in [0.4, 0.5) is 18.9 Å². The van der Waals surface area contributed by atoms with E-state index in [0.717, 1.165) is 35.6 Å². The zero-order valence-corrected chi connectivity index (χ0v) is 16.8. The standard InChI is InChI=1S/C19H17F3N6O2.ClH/c20-19(21,22)16-5-6-24-18(27-16)28-11-13(9-25-28)17(29)26-14-3-1-12(2-4-14)15-10-23-7-8-30-15;/h1-6,9,11,15,23H,7-8,10H2,(H,26,29);1H. The molecule has 3 aromatic rings. The molecule has 1 aliphatic heterocycles. The van der Waals surface area contributed by atoms with Crippen molar-refractivity contribution in [2.45, 2.75) is 12.3 Å². The van der Waals surface area contributed by atoms with Crippen molar-refractivity contribution in [3.05, 3.63) is 65.7 Å². The van der Waals surface area contributed by atoms with Gasteiger partial charge in [0.2, 0.25) is 0 Å². The van der Waals surface area contributed by atoms with Gasteiger partial charge in [0.05, 0.1) is 24.5 Å². The average Bonchev–Trinajstić information content (AvgIpc) is 3.25. The Morgan fingerprint density at radius 3 is 2.68 bits per heavy atom. The molecule has 0 saturated carbocycles. The summed E-state index contributed by atoms with van der Waals surface area (Å²) in [4.78, 5) is 19.7. The summed E-state index contributed by atoms with van der Waals surface area (Å²) >= 11 is 0. The van der Waals surface area contributed by atoms with E-state index in [4.69, 9.17) is 4.74 Å². The van der Waals surface area contributed by atoms with Crippen LogP contribution in [0.25, 0.3) is 5.95 Å². The molecule has 0 radical (unpaired) electrons. The quantitative estimate of drug-likeness (QED) is 0.629. The van der Waals surface area contributed by atoms with Gasteiger partial charge in [0.15, 0.2) is 0 Å². The van der Waals surface area contributed by atoms with E-state index in [1.54, 1.807) is 12.1 Å². The zero-order valence-electron chi connectivity index (χ0n) is 16.0. The predicted octanol–water partition coefficient (Wildman–Crippen LogP) is 3.02. The van der Waals surface area contributed by atoms with Gasteiger partial charge in [-0.05, 0) is 23.8 Å². The lowest BCUT2D eigenvalue weighted by Gasteiger charge is -2.24. The van der Waals surface area contributed by atoms with Crippen molar-refractivity contribution >= 4 is 24.0 Å². The first-order valence-electron chi connectivity index (χ1n) is 9.09. The Hall–Kier alpha value is -3.02. The highest BCUT2D eigenvalue weighted by molar-refractivity contribution is 6.03. The van der Waals surface area contributed by atoms with E-state index < -0.39 is 17.8 Å². The fraction of sp³-hybridized carbons (Fsp3) is 0.263. The van der Waals surface area contributed by atoms with Crippen molar-refractivity contribution in [2.75, 3.05) is 25.0 Å². The smallest absolute Gasteiger partial charge is 0.371 e. The molecule has 4 rings (SSSR count). The molecule has 1 fully saturated rings. The molecule has 164 valence electrons. The highest BCUT2D eigenvalue weighted by atomic mass is 35.5. The maximum absolute atomic E-state index is 12.8. The molecule has 1 aromatic carbocycles. The van der Waals surface area contributed by atoms with E-state index in [0.29, 0.717) is 12.3 Å². The number of aromatic nitrogens is 4. The Balaban J connectivity index is 0.00000272. The molecule has 0 spiro atoms. The van der Waals surface area contributed by atoms with E-state index in [-0.39, 0.29) is 30.0 Å². The number of hydrogen-bond donors (Lipinski definition) is 2. The number of morpholine rings is 1. The number of amides is 1. The topological polar surface area (TPSA) is 94.0 Å². The monoisotopic (exact) mass is 454 g/mol. The minimum atomic E-state index is -4.60. The molecule has 1 aliphatic rings. The van der Waals surface area contributed by atoms with Gasteiger partial charge in [-0.1, -0.05) is 12.1 Å². The second-order valence-electron chi connectivity index (χ2n) is 6.55. The van der Waals surface area contributed by atoms with Crippen LogP contribution in [0.15, 0.2) is 48.9 Å². The third kappa shape index (κ3) is 5.37. The van der Waals surface area contributed by atoms with Gasteiger partial charge in [0, 0.05) is 31.2 Å². The SMILES string of the molecule is Cl.O=C(Nc1ccc(C2CNCCO2)cc1)c1cnn(-c2nccc(C(F)(F)F)n2)c1. The van der Waals surface area contributed by atoms with Gasteiger partial charge in [-0.2, -0.15) is 18.3 Å². The van der Waals surface area contributed by atoms with Crippen LogP contribution >= 0.6 is 12.4 Å². The van der Waals surface area contributed by atoms with E-state index in [1.807, 2.05) is 12.1 Å². The number of alkyl halides is 3. The van der Waals surface area contributed by atoms with Crippen LogP contribution in [0, 0.1) is 0 Å². The molecule has 8 nitrogen and oxygen atoms in total. The van der Waals surface area contributed by atoms with Crippen molar-refractivity contribution < 1.29 is 22.7 Å². The summed E-state index contributed by atoms with van der Waals surface area (Å²) in [6.07, 6.45) is -1.15. The fourth-order valence-corrected chi connectivity index (χ4v) is 2.93. The summed E-state index contributed by atoms with van der Waals surface area (Å²) in [5.41, 5.74) is 0.622. The van der Waals surface area contributed by atoms with Crippen molar-refractivity contribution in [3.63, 3.8) is 0 Å². The van der Waals surface area contributed by atoms with Crippen LogP contribution in [0.5, 0.6) is 0 Å². The molecule has 0 bridgehead atoms. The maximum atomic E-state index is 12.8. The van der Waals surface area contributed by atoms with E-state index in [1.165, 1.54) is 12.4 Å². The molecule has 31 heavy (non-hydrogen) atoms. The number of carbonyl (C=O) groups is 1. The first kappa shape index (κ1) is 22.7. The summed E-state index contributed by atoms with van der Waals surface area (Å²) in [7, 11) is 0. The average molecular weight is 455 g/mol. The van der Waals surface area contributed by atoms with E-state index in [9.17, 15) is 18.0 Å². The van der Waals surface area contributed by atoms with Crippen molar-refractivity contribution in [2.24, 2.45) is 0 Å². The number of carbonyl (C=O) groups excluding carboxylic acids is 1. The molecular formula is C19H18ClF3N6O2. The second-order valence-corrected chi connectivity index (χ2v) is 6.55. The zero-order chi connectivity index (χ0) is 21.1. The molecule has 1 amide bonds. The predicted molar refractivity (Wildman–Crippen MR) is 107 cm³/mol. The number of halogens is 4. The number of nitrogens with one attached hydrogen (secondary N) is 2. The minimum Gasteiger partial charge on any atom is -0.371 e. The van der Waals surface area contributed by atoms with Gasteiger partial charge in [0.1, 0.15) is 5.69 Å². The van der Waals surface area contributed by atoms with Gasteiger partial charge >= 0.3 is 6.18 Å². The van der Waals surface area contributed by atoms with Crippen molar-refractivity contribution in [1.29, 1.82) is 0 Å². The Morgan fingerprint density at radius 2 is 2.00 bits per heavy atom. The molecule has 1 unspecified atom stereocenters. The van der Waals surface area contributed by atoms with Crippen molar-refractivity contribution in [3.8, 4) is 5.95 Å². The Morgan fingerprint density at radius 1 is 1.23 bits per heavy atom. The van der Waals surface area contributed by atoms with Gasteiger partial charge in [-0.25, -0.2) is 14.6 Å². The molecule has 2 N–H and O–H groups in total. The first-order valence-corrected chi connectivity index (χ1v) is 9.09. The summed E-state index contributed by atoms with van der Waals surface area (Å²) in [6.45, 7) is 2.19. The first-order chi connectivity index (χ1) is 14.4. The molecular weight excluding hydrogens is 437 g/mol. The summed E-state index contributed by atoms with van der Waals surface area (Å²) in [5.74, 6) is -0.745. The number of hydrogen-bond acceptors (Lipinski definition) is 6. The van der Waals surface area contributed by atoms with Crippen LogP contribution < -0.4 is 10.6 Å². The number of nitrogens with zero attached hydrogens (tertiary/aromatic N) is 4. The Labute approximate surface area is 181 Å². The molecule has 1 atom stereocenters. The number of benzene rings is 1. The summed E-state index contributed by atoms with van der Waals surface area (Å²) in [6, 6.07) is 8.01. The molecule has 1 saturated heterocycles. The molecule has 2 aromatic heterocycles. The number of anilines is 1. The van der Waals surface area contributed by atoms with Gasteiger partial charge in [-0.3, -0.25) is 4.79 Å². The highest BCUT2D eigenvalue weighted by Gasteiger charge is 2.33. The van der Waals surface area contributed by atoms with Gasteiger partial charge in [-0.15, -0.1) is 12.4 Å². The van der Waals surface area contributed by atoms with E-state index >= 15 is 0 Å². The fourth-order valence-electron chi connectivity index (χ4n) is 2.93. The Kier molecular flexibility index (Phi) is 6.88. The third-order valence-electron chi connectivity index (χ3n) is 4.45. The highest BCUT2D eigenvalue weighted by Crippen LogP contribution is 2.27. The summed E-state index contributed by atoms with van der Waals surface area (Å²) < 4.78 is 45.1. The van der Waals surface area contributed by atoms with Gasteiger partial charge in [0.25, 0.3) is 11.9 Å². The van der Waals surface area contributed by atoms with Crippen LogP contribution in [-0.4, -0.2) is 45.4 Å². The summed E-state index contributed by atoms with van der Waals surface area (Å²) in [5, 5.41) is 9.86. The molecule has 12 heteroatoms. The third-order valence-corrected chi connectivity index (χ3v) is 4.45. The number of rotatable bonds is 4. The molecule has 3 heterocycles. The van der Waals surface area contributed by atoms with Crippen molar-refractivity contribution in [1.82, 2.24) is 25.1 Å². The number of ether oxygens (including phenoxy) is 1. The van der Waals surface area contributed by atoms with Crippen LogP contribution in [0.1, 0.15) is 27.7 Å². The lowest BCUT2D eigenvalue weighted by Crippen LogP contribution is -2.33. The lowest BCUT2D eigenvalue weighted by molar-refractivity contribution is -0.141. The lowest BCUT2D eigenvalue weighted by atomic mass is 10.1. The largest absolute Gasteiger partial charge is 0.433 e. The van der Waals surface area contributed by atoms with E-state index in [2.05, 4.69) is 25.7 Å². The van der Waals surface area contributed by atoms with Gasteiger partial charge < -0.3 is 15.4 Å². The maximum Gasteiger partial charge on any atom is 0.433 e. The van der Waals surface area contributed by atoms with Crippen LogP contribution in [-0.2, 0) is 10.9 Å². The molecule has 0 aliphatic carbocycles. The minimum absolute atomic E-state index is 0. The second kappa shape index (κ2) is 9.41. The van der Waals surface area contributed by atoms with Crippen LogP contribution in [0.2, 0.25) is 0 Å².